The number of rotatable bonds is 4. The van der Waals surface area contributed by atoms with Crippen LogP contribution in [0.15, 0.2) is 12.2 Å². The summed E-state index contributed by atoms with van der Waals surface area (Å²) in [5.41, 5.74) is 0. The molecule has 0 aromatic heterocycles. The van der Waals surface area contributed by atoms with E-state index < -0.39 is 11.9 Å². The van der Waals surface area contributed by atoms with Gasteiger partial charge in [0.15, 0.2) is 0 Å². The summed E-state index contributed by atoms with van der Waals surface area (Å²) >= 11 is 0. The molecule has 0 spiro atoms. The molecule has 0 saturated heterocycles. The summed E-state index contributed by atoms with van der Waals surface area (Å²) in [5.74, 6) is -1.25. The van der Waals surface area contributed by atoms with Crippen LogP contribution in [0.3, 0.4) is 0 Å². The van der Waals surface area contributed by atoms with Gasteiger partial charge in [-0.2, -0.15) is 0 Å². The van der Waals surface area contributed by atoms with Gasteiger partial charge < -0.3 is 9.84 Å². The number of carbonyl (C=O) groups excluding carboxylic acids is 1. The second kappa shape index (κ2) is 4.07. The molecule has 1 saturated carbocycles. The van der Waals surface area contributed by atoms with Crippen LogP contribution in [0.5, 0.6) is 0 Å². The van der Waals surface area contributed by atoms with Crippen LogP contribution in [-0.4, -0.2) is 23.1 Å². The minimum atomic E-state index is -1.14. The van der Waals surface area contributed by atoms with E-state index in [1.54, 1.807) is 0 Å². The van der Waals surface area contributed by atoms with Gasteiger partial charge in [-0.1, -0.05) is 0 Å². The zero-order valence-electron chi connectivity index (χ0n) is 7.40. The van der Waals surface area contributed by atoms with Crippen molar-refractivity contribution in [2.24, 2.45) is 5.92 Å². The molecule has 1 aliphatic carbocycles. The highest BCUT2D eigenvalue weighted by Crippen LogP contribution is 2.33. The van der Waals surface area contributed by atoms with Crippen molar-refractivity contribution in [1.29, 1.82) is 0 Å². The molecular formula is C9H12O4. The number of carboxylic acid groups (broad SMARTS) is 1. The molecule has 0 aromatic carbocycles. The number of ether oxygens (including phenoxy) is 1. The molecule has 1 N–H and O–H groups in total. The van der Waals surface area contributed by atoms with Crippen LogP contribution in [0, 0.1) is 5.92 Å². The van der Waals surface area contributed by atoms with Gasteiger partial charge in [-0.3, -0.25) is 0 Å². The van der Waals surface area contributed by atoms with E-state index >= 15 is 0 Å². The fourth-order valence-electron chi connectivity index (χ4n) is 1.02. The average molecular weight is 184 g/mol. The predicted octanol–water partition coefficient (Wildman–Crippen LogP) is 0.969. The lowest BCUT2D eigenvalue weighted by Gasteiger charge is -2.09. The Morgan fingerprint density at radius 1 is 1.46 bits per heavy atom. The molecule has 13 heavy (non-hydrogen) atoms. The molecule has 0 amide bonds. The van der Waals surface area contributed by atoms with E-state index in [0.29, 0.717) is 5.92 Å². The maximum Gasteiger partial charge on any atom is 0.331 e. The molecule has 1 atom stereocenters. The second-order valence-electron chi connectivity index (χ2n) is 3.15. The maximum absolute atomic E-state index is 10.9. The topological polar surface area (TPSA) is 63.6 Å². The SMILES string of the molecule is CC(OC(=O)C=CC(=O)O)C1CC1. The van der Waals surface area contributed by atoms with Crippen LogP contribution in [0.25, 0.3) is 0 Å². The fraction of sp³-hybridized carbons (Fsp3) is 0.556. The van der Waals surface area contributed by atoms with Gasteiger partial charge in [-0.25, -0.2) is 9.59 Å². The van der Waals surface area contributed by atoms with Gasteiger partial charge in [0, 0.05) is 12.2 Å². The van der Waals surface area contributed by atoms with E-state index in [4.69, 9.17) is 9.84 Å². The summed E-state index contributed by atoms with van der Waals surface area (Å²) in [5, 5.41) is 8.22. The molecule has 0 aromatic rings. The molecular weight excluding hydrogens is 172 g/mol. The third kappa shape index (κ3) is 3.73. The smallest absolute Gasteiger partial charge is 0.331 e. The predicted molar refractivity (Wildman–Crippen MR) is 45.1 cm³/mol. The van der Waals surface area contributed by atoms with Crippen molar-refractivity contribution in [2.45, 2.75) is 25.9 Å². The Hall–Kier alpha value is -1.32. The highest BCUT2D eigenvalue weighted by atomic mass is 16.5. The molecule has 4 heteroatoms. The summed E-state index contributed by atoms with van der Waals surface area (Å²) < 4.78 is 4.94. The first-order valence-corrected chi connectivity index (χ1v) is 4.21. The summed E-state index contributed by atoms with van der Waals surface area (Å²) in [7, 11) is 0. The van der Waals surface area contributed by atoms with Crippen molar-refractivity contribution in [3.05, 3.63) is 12.2 Å². The van der Waals surface area contributed by atoms with E-state index in [1.165, 1.54) is 0 Å². The van der Waals surface area contributed by atoms with Crippen molar-refractivity contribution >= 4 is 11.9 Å². The number of aliphatic carboxylic acids is 1. The van der Waals surface area contributed by atoms with Crippen LogP contribution in [-0.2, 0) is 14.3 Å². The third-order valence-corrected chi connectivity index (χ3v) is 1.95. The highest BCUT2D eigenvalue weighted by Gasteiger charge is 2.30. The van der Waals surface area contributed by atoms with Crippen LogP contribution in [0.1, 0.15) is 19.8 Å². The van der Waals surface area contributed by atoms with Gasteiger partial charge in [0.1, 0.15) is 6.10 Å². The van der Waals surface area contributed by atoms with Crippen LogP contribution >= 0.6 is 0 Å². The molecule has 1 unspecified atom stereocenters. The molecule has 1 aliphatic rings. The summed E-state index contributed by atoms with van der Waals surface area (Å²) in [4.78, 5) is 21.0. The fourth-order valence-corrected chi connectivity index (χ4v) is 1.02. The highest BCUT2D eigenvalue weighted by molar-refractivity contribution is 5.90. The molecule has 0 aliphatic heterocycles. The minimum absolute atomic E-state index is 0.0917. The lowest BCUT2D eigenvalue weighted by molar-refractivity contribution is -0.143. The van der Waals surface area contributed by atoms with Gasteiger partial charge >= 0.3 is 11.9 Å². The van der Waals surface area contributed by atoms with Gasteiger partial charge in [0.25, 0.3) is 0 Å². The van der Waals surface area contributed by atoms with Crippen molar-refractivity contribution in [2.75, 3.05) is 0 Å². The number of esters is 1. The second-order valence-corrected chi connectivity index (χ2v) is 3.15. The first-order valence-electron chi connectivity index (χ1n) is 4.21. The van der Waals surface area contributed by atoms with E-state index in [1.807, 2.05) is 6.92 Å². The van der Waals surface area contributed by atoms with Crippen LogP contribution < -0.4 is 0 Å². The Bertz CT molecular complexity index is 240. The van der Waals surface area contributed by atoms with Crippen molar-refractivity contribution in [3.8, 4) is 0 Å². The zero-order valence-corrected chi connectivity index (χ0v) is 7.40. The monoisotopic (exact) mass is 184 g/mol. The molecule has 1 rings (SSSR count). The van der Waals surface area contributed by atoms with Gasteiger partial charge in [-0.05, 0) is 25.7 Å². The van der Waals surface area contributed by atoms with Gasteiger partial charge in [0.05, 0.1) is 0 Å². The Morgan fingerprint density at radius 3 is 2.54 bits per heavy atom. The standard InChI is InChI=1S/C9H12O4/c1-6(7-2-3-7)13-9(12)5-4-8(10)11/h4-7H,2-3H2,1H3,(H,10,11). The van der Waals surface area contributed by atoms with Crippen molar-refractivity contribution < 1.29 is 19.4 Å². The number of carbonyl (C=O) groups is 2. The number of hydrogen-bond acceptors (Lipinski definition) is 3. The van der Waals surface area contributed by atoms with Crippen LogP contribution in [0.2, 0.25) is 0 Å². The number of hydrogen-bond donors (Lipinski definition) is 1. The average Bonchev–Trinajstić information content (AvgIpc) is 2.82. The van der Waals surface area contributed by atoms with E-state index in [9.17, 15) is 9.59 Å². The first kappa shape index (κ1) is 9.77. The summed E-state index contributed by atoms with van der Waals surface area (Å²) in [6.45, 7) is 1.82. The number of carboxylic acids is 1. The summed E-state index contributed by atoms with van der Waals surface area (Å²) in [6, 6.07) is 0. The molecule has 1 fully saturated rings. The zero-order chi connectivity index (χ0) is 9.84. The van der Waals surface area contributed by atoms with Crippen molar-refractivity contribution in [3.63, 3.8) is 0 Å². The van der Waals surface area contributed by atoms with Crippen LogP contribution in [0.4, 0.5) is 0 Å². The maximum atomic E-state index is 10.9. The van der Waals surface area contributed by atoms with Crippen molar-refractivity contribution in [1.82, 2.24) is 0 Å². The molecule has 72 valence electrons. The normalized spacial score (nSPS) is 18.5. The van der Waals surface area contributed by atoms with Gasteiger partial charge in [0.2, 0.25) is 0 Å². The van der Waals surface area contributed by atoms with E-state index in [2.05, 4.69) is 0 Å². The Balaban J connectivity index is 2.27. The Kier molecular flexibility index (Phi) is 3.06. The van der Waals surface area contributed by atoms with E-state index in [0.717, 1.165) is 25.0 Å². The van der Waals surface area contributed by atoms with Gasteiger partial charge in [-0.15, -0.1) is 0 Å². The molecule has 4 nitrogen and oxygen atoms in total. The van der Waals surface area contributed by atoms with E-state index in [-0.39, 0.29) is 6.10 Å². The minimum Gasteiger partial charge on any atom is -0.478 e. The largest absolute Gasteiger partial charge is 0.478 e. The Morgan fingerprint density at radius 2 is 2.08 bits per heavy atom. The lowest BCUT2D eigenvalue weighted by atomic mass is 10.3. The molecule has 0 bridgehead atoms. The quantitative estimate of drug-likeness (QED) is 0.522. The third-order valence-electron chi connectivity index (χ3n) is 1.95. The summed E-state index contributed by atoms with van der Waals surface area (Å²) in [6.07, 6.45) is 3.81. The first-order chi connectivity index (χ1) is 6.09. The molecule has 0 heterocycles. The lowest BCUT2D eigenvalue weighted by Crippen LogP contribution is -2.15. The molecule has 0 radical (unpaired) electrons. The Labute approximate surface area is 76.2 Å².